The minimum atomic E-state index is -4.65. The predicted molar refractivity (Wildman–Crippen MR) is 57.2 cm³/mol. The zero-order valence-electron chi connectivity index (χ0n) is 8.70. The van der Waals surface area contributed by atoms with Crippen LogP contribution in [0.4, 0.5) is 13.2 Å². The Morgan fingerprint density at radius 3 is 2.24 bits per heavy atom. The number of aromatic nitrogens is 1. The van der Waals surface area contributed by atoms with Gasteiger partial charge in [-0.05, 0) is 17.7 Å². The smallest absolute Gasteiger partial charge is 0.378 e. The highest BCUT2D eigenvalue weighted by molar-refractivity contribution is 5.59. The first-order valence-electron chi connectivity index (χ1n) is 4.97. The Bertz CT molecular complexity index is 490. The molecule has 17 heavy (non-hydrogen) atoms. The third kappa shape index (κ3) is 2.50. The Morgan fingerprint density at radius 1 is 1.00 bits per heavy atom. The summed E-state index contributed by atoms with van der Waals surface area (Å²) in [5.41, 5.74) is 1.06. The van der Waals surface area contributed by atoms with Crippen molar-refractivity contribution in [3.05, 3.63) is 48.2 Å². The van der Waals surface area contributed by atoms with E-state index in [1.807, 2.05) is 6.07 Å². The van der Waals surface area contributed by atoms with Crippen LogP contribution in [0.25, 0.3) is 11.3 Å². The maximum absolute atomic E-state index is 12.3. The van der Waals surface area contributed by atoms with Crippen molar-refractivity contribution in [2.75, 3.05) is 0 Å². The van der Waals surface area contributed by atoms with Crippen LogP contribution in [0, 0.1) is 0 Å². The molecular weight excluding hydrogens is 231 g/mol. The number of H-pyrrole nitrogens is 1. The first-order chi connectivity index (χ1) is 7.98. The van der Waals surface area contributed by atoms with Crippen molar-refractivity contribution in [2.24, 2.45) is 0 Å². The predicted octanol–water partition coefficient (Wildman–Crippen LogP) is 3.28. The number of hydrogen-bond donors (Lipinski definition) is 2. The van der Waals surface area contributed by atoms with Gasteiger partial charge in [-0.1, -0.05) is 30.3 Å². The zero-order chi connectivity index (χ0) is 12.5. The van der Waals surface area contributed by atoms with Crippen molar-refractivity contribution < 1.29 is 18.3 Å². The topological polar surface area (TPSA) is 36.0 Å². The highest BCUT2D eigenvalue weighted by Crippen LogP contribution is 2.33. The molecule has 0 aliphatic heterocycles. The molecule has 5 heteroatoms. The Balaban J connectivity index is 2.28. The summed E-state index contributed by atoms with van der Waals surface area (Å²) in [5.74, 6) is 0. The molecule has 0 saturated carbocycles. The highest BCUT2D eigenvalue weighted by atomic mass is 19.4. The molecule has 2 aromatic rings. The van der Waals surface area contributed by atoms with E-state index in [9.17, 15) is 13.2 Å². The van der Waals surface area contributed by atoms with E-state index in [1.54, 1.807) is 24.3 Å². The molecule has 2 rings (SSSR count). The number of rotatable bonds is 2. The first-order valence-corrected chi connectivity index (χ1v) is 4.97. The summed E-state index contributed by atoms with van der Waals surface area (Å²) in [4.78, 5) is 2.57. The van der Waals surface area contributed by atoms with E-state index >= 15 is 0 Å². The molecule has 0 radical (unpaired) electrons. The molecule has 0 aliphatic rings. The van der Waals surface area contributed by atoms with Gasteiger partial charge in [-0.3, -0.25) is 0 Å². The average Bonchev–Trinajstić information content (AvgIpc) is 2.77. The lowest BCUT2D eigenvalue weighted by molar-refractivity contribution is -0.207. The lowest BCUT2D eigenvalue weighted by Gasteiger charge is -2.12. The first kappa shape index (κ1) is 11.7. The van der Waals surface area contributed by atoms with E-state index < -0.39 is 12.3 Å². The minimum Gasteiger partial charge on any atom is -0.378 e. The van der Waals surface area contributed by atoms with Gasteiger partial charge in [0, 0.05) is 5.69 Å². The third-order valence-electron chi connectivity index (χ3n) is 2.40. The van der Waals surface area contributed by atoms with Crippen LogP contribution in [0.15, 0.2) is 42.5 Å². The number of alkyl halides is 3. The normalized spacial score (nSPS) is 13.6. The van der Waals surface area contributed by atoms with Gasteiger partial charge in [-0.2, -0.15) is 13.2 Å². The van der Waals surface area contributed by atoms with E-state index in [0.29, 0.717) is 5.69 Å². The van der Waals surface area contributed by atoms with Gasteiger partial charge in [-0.25, -0.2) is 0 Å². The quantitative estimate of drug-likeness (QED) is 0.831. The van der Waals surface area contributed by atoms with Gasteiger partial charge in [0.25, 0.3) is 0 Å². The summed E-state index contributed by atoms with van der Waals surface area (Å²) in [6, 6.07) is 11.7. The number of nitrogens with one attached hydrogen (secondary N) is 1. The molecular formula is C12H10F3NO. The van der Waals surface area contributed by atoms with E-state index in [-0.39, 0.29) is 5.69 Å². The van der Waals surface area contributed by atoms with Crippen molar-refractivity contribution >= 4 is 0 Å². The van der Waals surface area contributed by atoms with Crippen molar-refractivity contribution in [2.45, 2.75) is 12.3 Å². The standard InChI is InChI=1S/C12H10F3NO/c13-12(14,15)11(17)10-7-6-9(16-10)8-4-2-1-3-5-8/h1-7,11,16-17H/t11-/m1/s1. The maximum Gasteiger partial charge on any atom is 0.420 e. The summed E-state index contributed by atoms with van der Waals surface area (Å²) in [5, 5.41) is 9.06. The van der Waals surface area contributed by atoms with Crippen LogP contribution in [0.1, 0.15) is 11.8 Å². The van der Waals surface area contributed by atoms with Crippen LogP contribution in [0.3, 0.4) is 0 Å². The SMILES string of the molecule is O[C@H](c1ccc(-c2ccccc2)[nH]1)C(F)(F)F. The van der Waals surface area contributed by atoms with Gasteiger partial charge in [0.05, 0.1) is 5.69 Å². The van der Waals surface area contributed by atoms with E-state index in [2.05, 4.69) is 4.98 Å². The number of hydrogen-bond acceptors (Lipinski definition) is 1. The van der Waals surface area contributed by atoms with Gasteiger partial charge >= 0.3 is 6.18 Å². The fourth-order valence-corrected chi connectivity index (χ4v) is 1.53. The Kier molecular flexibility index (Phi) is 2.93. The molecule has 1 aromatic carbocycles. The largest absolute Gasteiger partial charge is 0.420 e. The molecule has 0 saturated heterocycles. The van der Waals surface area contributed by atoms with Crippen LogP contribution in [-0.2, 0) is 0 Å². The fraction of sp³-hybridized carbons (Fsp3) is 0.167. The molecule has 0 bridgehead atoms. The Morgan fingerprint density at radius 2 is 1.65 bits per heavy atom. The summed E-state index contributed by atoms with van der Waals surface area (Å²) >= 11 is 0. The second-order valence-corrected chi connectivity index (χ2v) is 3.64. The molecule has 1 heterocycles. The molecule has 0 aliphatic carbocycles. The van der Waals surface area contributed by atoms with Crippen LogP contribution in [0.2, 0.25) is 0 Å². The van der Waals surface area contributed by atoms with Gasteiger partial charge < -0.3 is 10.1 Å². The highest BCUT2D eigenvalue weighted by Gasteiger charge is 2.40. The lowest BCUT2D eigenvalue weighted by Crippen LogP contribution is -2.20. The molecule has 0 fully saturated rings. The van der Waals surface area contributed by atoms with E-state index in [4.69, 9.17) is 5.11 Å². The average molecular weight is 241 g/mol. The third-order valence-corrected chi connectivity index (χ3v) is 2.40. The van der Waals surface area contributed by atoms with Gasteiger partial charge in [0.1, 0.15) is 0 Å². The summed E-state index contributed by atoms with van der Waals surface area (Å²) in [6.45, 7) is 0. The van der Waals surface area contributed by atoms with Crippen LogP contribution in [-0.4, -0.2) is 16.3 Å². The number of benzene rings is 1. The van der Waals surface area contributed by atoms with Gasteiger partial charge in [0.2, 0.25) is 0 Å². The Labute approximate surface area is 95.7 Å². The van der Waals surface area contributed by atoms with Crippen LogP contribution >= 0.6 is 0 Å². The number of aliphatic hydroxyl groups excluding tert-OH is 1. The number of aromatic amines is 1. The maximum atomic E-state index is 12.3. The number of aliphatic hydroxyl groups is 1. The van der Waals surface area contributed by atoms with Crippen molar-refractivity contribution in [3.63, 3.8) is 0 Å². The zero-order valence-corrected chi connectivity index (χ0v) is 8.70. The molecule has 90 valence electrons. The molecule has 2 N–H and O–H groups in total. The molecule has 1 atom stereocenters. The van der Waals surface area contributed by atoms with Crippen molar-refractivity contribution in [3.8, 4) is 11.3 Å². The second-order valence-electron chi connectivity index (χ2n) is 3.64. The van der Waals surface area contributed by atoms with Gasteiger partial charge in [0.15, 0.2) is 6.10 Å². The van der Waals surface area contributed by atoms with Gasteiger partial charge in [-0.15, -0.1) is 0 Å². The molecule has 0 amide bonds. The Hall–Kier alpha value is -1.75. The van der Waals surface area contributed by atoms with Crippen molar-refractivity contribution in [1.82, 2.24) is 4.98 Å². The molecule has 0 spiro atoms. The van der Waals surface area contributed by atoms with Crippen LogP contribution < -0.4 is 0 Å². The monoisotopic (exact) mass is 241 g/mol. The second kappa shape index (κ2) is 4.25. The van der Waals surface area contributed by atoms with Crippen molar-refractivity contribution in [1.29, 1.82) is 0 Å². The van der Waals surface area contributed by atoms with Crippen LogP contribution in [0.5, 0.6) is 0 Å². The lowest BCUT2D eigenvalue weighted by atomic mass is 10.2. The van der Waals surface area contributed by atoms with E-state index in [1.165, 1.54) is 12.1 Å². The fourth-order valence-electron chi connectivity index (χ4n) is 1.53. The minimum absolute atomic E-state index is 0.253. The molecule has 2 nitrogen and oxygen atoms in total. The summed E-state index contributed by atoms with van der Waals surface area (Å²) < 4.78 is 36.8. The number of halogens is 3. The molecule has 0 unspecified atom stereocenters. The summed E-state index contributed by atoms with van der Waals surface area (Å²) in [6.07, 6.45) is -7.13. The molecule has 1 aromatic heterocycles. The summed E-state index contributed by atoms with van der Waals surface area (Å²) in [7, 11) is 0. The van der Waals surface area contributed by atoms with E-state index in [0.717, 1.165) is 5.56 Å².